The summed E-state index contributed by atoms with van der Waals surface area (Å²) >= 11 is 0. The molecule has 2 amide bonds. The maximum atomic E-state index is 12.0. The molecule has 0 aromatic carbocycles. The Balaban J connectivity index is 2.49. The van der Waals surface area contributed by atoms with E-state index in [1.54, 1.807) is 6.26 Å². The van der Waals surface area contributed by atoms with Gasteiger partial charge in [-0.2, -0.15) is 0 Å². The van der Waals surface area contributed by atoms with Crippen LogP contribution >= 0.6 is 0 Å². The van der Waals surface area contributed by atoms with Gasteiger partial charge in [0.15, 0.2) is 0 Å². The molecule has 0 aliphatic carbocycles. The van der Waals surface area contributed by atoms with E-state index in [9.17, 15) is 14.7 Å². The minimum atomic E-state index is -0.888. The van der Waals surface area contributed by atoms with Crippen molar-refractivity contribution in [2.24, 2.45) is 11.8 Å². The van der Waals surface area contributed by atoms with Crippen LogP contribution < -0.4 is 16.0 Å². The van der Waals surface area contributed by atoms with Crippen molar-refractivity contribution < 1.29 is 19.1 Å². The Kier molecular flexibility index (Phi) is 9.05. The molecular weight excluding hydrogens is 322 g/mol. The topological polar surface area (TPSA) is 104 Å². The molecule has 3 atom stereocenters. The molecule has 0 saturated heterocycles. The Morgan fingerprint density at radius 3 is 2.40 bits per heavy atom. The molecule has 0 radical (unpaired) electrons. The second-order valence-corrected chi connectivity index (χ2v) is 6.80. The molecule has 7 nitrogen and oxygen atoms in total. The summed E-state index contributed by atoms with van der Waals surface area (Å²) in [6.45, 7) is 8.54. The van der Waals surface area contributed by atoms with Gasteiger partial charge in [0.05, 0.1) is 18.2 Å². The first kappa shape index (κ1) is 21.0. The van der Waals surface area contributed by atoms with Crippen LogP contribution in [0.25, 0.3) is 0 Å². The monoisotopic (exact) mass is 353 g/mol. The van der Waals surface area contributed by atoms with Gasteiger partial charge in [-0.1, -0.05) is 20.8 Å². The van der Waals surface area contributed by atoms with Gasteiger partial charge in [-0.05, 0) is 37.8 Å². The first-order chi connectivity index (χ1) is 11.8. The molecule has 0 aliphatic heterocycles. The third kappa shape index (κ3) is 8.07. The zero-order valence-corrected chi connectivity index (χ0v) is 15.5. The van der Waals surface area contributed by atoms with Gasteiger partial charge in [0, 0.05) is 19.1 Å². The van der Waals surface area contributed by atoms with Gasteiger partial charge in [0.25, 0.3) is 0 Å². The summed E-state index contributed by atoms with van der Waals surface area (Å²) < 4.78 is 5.43. The summed E-state index contributed by atoms with van der Waals surface area (Å²) in [7, 11) is 0. The summed E-state index contributed by atoms with van der Waals surface area (Å²) in [5.74, 6) is -0.455. The summed E-state index contributed by atoms with van der Waals surface area (Å²) in [5.41, 5.74) is 0. The molecule has 1 heterocycles. The number of nitrogens with one attached hydrogen (secondary N) is 3. The van der Waals surface area contributed by atoms with Crippen LogP contribution in [0.15, 0.2) is 22.8 Å². The van der Waals surface area contributed by atoms with E-state index in [2.05, 4.69) is 29.8 Å². The van der Waals surface area contributed by atoms with Crippen LogP contribution in [0.5, 0.6) is 0 Å². The zero-order chi connectivity index (χ0) is 18.8. The first-order valence-electron chi connectivity index (χ1n) is 8.87. The number of carboxylic acids is 1. The second-order valence-electron chi connectivity index (χ2n) is 6.80. The molecule has 1 aromatic heterocycles. The highest BCUT2D eigenvalue weighted by Crippen LogP contribution is 2.14. The molecule has 4 N–H and O–H groups in total. The Morgan fingerprint density at radius 1 is 1.20 bits per heavy atom. The van der Waals surface area contributed by atoms with Crippen LogP contribution in [0.1, 0.15) is 52.3 Å². The van der Waals surface area contributed by atoms with Crippen LogP contribution in [0.2, 0.25) is 0 Å². The molecule has 1 aromatic rings. The number of hydrogen-bond donors (Lipinski definition) is 4. The molecule has 142 valence electrons. The number of urea groups is 1. The van der Waals surface area contributed by atoms with Crippen molar-refractivity contribution in [3.63, 3.8) is 0 Å². The molecule has 0 aliphatic rings. The third-order valence-electron chi connectivity index (χ3n) is 4.07. The van der Waals surface area contributed by atoms with E-state index in [0.717, 1.165) is 12.2 Å². The van der Waals surface area contributed by atoms with Crippen LogP contribution in [-0.4, -0.2) is 36.2 Å². The largest absolute Gasteiger partial charge is 0.481 e. The normalized spacial score (nSPS) is 14.8. The van der Waals surface area contributed by atoms with E-state index in [1.165, 1.54) is 0 Å². The SMILES string of the molecule is CCC(C)NC(CNC(=O)NCC(CC(C)C)C(=O)O)c1ccco1. The maximum absolute atomic E-state index is 12.0. The lowest BCUT2D eigenvalue weighted by Crippen LogP contribution is -2.44. The lowest BCUT2D eigenvalue weighted by molar-refractivity contribution is -0.142. The van der Waals surface area contributed by atoms with Crippen molar-refractivity contribution in [1.29, 1.82) is 0 Å². The average Bonchev–Trinajstić information content (AvgIpc) is 3.08. The highest BCUT2D eigenvalue weighted by molar-refractivity contribution is 5.75. The van der Waals surface area contributed by atoms with Crippen molar-refractivity contribution in [3.05, 3.63) is 24.2 Å². The van der Waals surface area contributed by atoms with Crippen molar-refractivity contribution in [2.75, 3.05) is 13.1 Å². The fourth-order valence-corrected chi connectivity index (χ4v) is 2.51. The van der Waals surface area contributed by atoms with Crippen molar-refractivity contribution in [3.8, 4) is 0 Å². The predicted octanol–water partition coefficient (Wildman–Crippen LogP) is 2.75. The Hall–Kier alpha value is -2.02. The van der Waals surface area contributed by atoms with Crippen LogP contribution in [0.4, 0.5) is 4.79 Å². The van der Waals surface area contributed by atoms with Crippen molar-refractivity contribution in [1.82, 2.24) is 16.0 Å². The summed E-state index contributed by atoms with van der Waals surface area (Å²) in [5, 5.41) is 18.0. The molecular formula is C18H31N3O4. The van der Waals surface area contributed by atoms with E-state index >= 15 is 0 Å². The van der Waals surface area contributed by atoms with Gasteiger partial charge in [-0.15, -0.1) is 0 Å². The number of aliphatic carboxylic acids is 1. The molecule has 1 rings (SSSR count). The molecule has 0 fully saturated rings. The van der Waals surface area contributed by atoms with Crippen LogP contribution in [0, 0.1) is 11.8 Å². The number of carbonyl (C=O) groups excluding carboxylic acids is 1. The van der Waals surface area contributed by atoms with E-state index in [4.69, 9.17) is 4.42 Å². The Morgan fingerprint density at radius 2 is 1.88 bits per heavy atom. The molecule has 0 saturated carbocycles. The standard InChI is InChI=1S/C18H31N3O4/c1-5-13(4)21-15(16-7-6-8-25-16)11-20-18(24)19-10-14(17(22)23)9-12(2)3/h6-8,12-15,21H,5,9-11H2,1-4H3,(H,22,23)(H2,19,20,24). The summed E-state index contributed by atoms with van der Waals surface area (Å²) in [6, 6.07) is 3.44. The van der Waals surface area contributed by atoms with Crippen LogP contribution in [-0.2, 0) is 4.79 Å². The van der Waals surface area contributed by atoms with Gasteiger partial charge < -0.3 is 25.5 Å². The zero-order valence-electron chi connectivity index (χ0n) is 15.5. The predicted molar refractivity (Wildman–Crippen MR) is 96.3 cm³/mol. The molecule has 25 heavy (non-hydrogen) atoms. The fourth-order valence-electron chi connectivity index (χ4n) is 2.51. The van der Waals surface area contributed by atoms with Crippen molar-refractivity contribution >= 4 is 12.0 Å². The number of carboxylic acid groups (broad SMARTS) is 1. The van der Waals surface area contributed by atoms with Gasteiger partial charge in [-0.3, -0.25) is 4.79 Å². The number of rotatable bonds is 11. The van der Waals surface area contributed by atoms with E-state index in [-0.39, 0.29) is 30.6 Å². The summed E-state index contributed by atoms with van der Waals surface area (Å²) in [4.78, 5) is 23.2. The lowest BCUT2D eigenvalue weighted by atomic mass is 9.97. The van der Waals surface area contributed by atoms with Crippen molar-refractivity contribution in [2.45, 2.75) is 52.6 Å². The quantitative estimate of drug-likeness (QED) is 0.490. The van der Waals surface area contributed by atoms with E-state index < -0.39 is 11.9 Å². The molecule has 3 unspecified atom stereocenters. The van der Waals surface area contributed by atoms with Crippen LogP contribution in [0.3, 0.4) is 0 Å². The molecule has 0 bridgehead atoms. The molecule has 7 heteroatoms. The minimum absolute atomic E-state index is 0.115. The summed E-state index contributed by atoms with van der Waals surface area (Å²) in [6.07, 6.45) is 3.09. The maximum Gasteiger partial charge on any atom is 0.314 e. The third-order valence-corrected chi connectivity index (χ3v) is 4.07. The Labute approximate surface area is 149 Å². The van der Waals surface area contributed by atoms with Gasteiger partial charge in [-0.25, -0.2) is 4.79 Å². The molecule has 0 spiro atoms. The highest BCUT2D eigenvalue weighted by Gasteiger charge is 2.21. The smallest absolute Gasteiger partial charge is 0.314 e. The fraction of sp³-hybridized carbons (Fsp3) is 0.667. The average molecular weight is 353 g/mol. The highest BCUT2D eigenvalue weighted by atomic mass is 16.4. The van der Waals surface area contributed by atoms with Gasteiger partial charge in [0.1, 0.15) is 5.76 Å². The number of hydrogen-bond acceptors (Lipinski definition) is 4. The second kappa shape index (κ2) is 10.8. The Bertz CT molecular complexity index is 516. The number of furan rings is 1. The van der Waals surface area contributed by atoms with Gasteiger partial charge in [0.2, 0.25) is 0 Å². The van der Waals surface area contributed by atoms with E-state index in [0.29, 0.717) is 13.0 Å². The van der Waals surface area contributed by atoms with E-state index in [1.807, 2.05) is 26.0 Å². The lowest BCUT2D eigenvalue weighted by Gasteiger charge is -2.22. The first-order valence-corrected chi connectivity index (χ1v) is 8.87. The number of carbonyl (C=O) groups is 2. The number of amides is 2. The minimum Gasteiger partial charge on any atom is -0.481 e. The van der Waals surface area contributed by atoms with Gasteiger partial charge >= 0.3 is 12.0 Å².